The SMILES string of the molecule is COc1ccc(Cl)cc1Nc1cnc(C(=O)Nc2cc(C)on2)cn1. The molecule has 8 nitrogen and oxygen atoms in total. The van der Waals surface area contributed by atoms with E-state index >= 15 is 0 Å². The van der Waals surface area contributed by atoms with Crippen molar-refractivity contribution in [2.24, 2.45) is 0 Å². The fraction of sp³-hybridized carbons (Fsp3) is 0.125. The third-order valence-corrected chi connectivity index (χ3v) is 3.41. The van der Waals surface area contributed by atoms with Gasteiger partial charge in [0.1, 0.15) is 23.0 Å². The van der Waals surface area contributed by atoms with Gasteiger partial charge in [0.15, 0.2) is 5.82 Å². The standard InChI is InChI=1S/C16H14ClN5O3/c1-9-5-14(22-25-9)21-16(23)12-7-19-15(8-18-12)20-11-6-10(17)3-4-13(11)24-2/h3-8H,1-2H3,(H,19,20)(H,21,22,23). The summed E-state index contributed by atoms with van der Waals surface area (Å²) in [4.78, 5) is 20.3. The van der Waals surface area contributed by atoms with Gasteiger partial charge >= 0.3 is 0 Å². The highest BCUT2D eigenvalue weighted by atomic mass is 35.5. The number of carbonyl (C=O) groups excluding carboxylic acids is 1. The summed E-state index contributed by atoms with van der Waals surface area (Å²) in [6, 6.07) is 6.76. The van der Waals surface area contributed by atoms with E-state index in [0.29, 0.717) is 33.9 Å². The van der Waals surface area contributed by atoms with Crippen LogP contribution in [0.4, 0.5) is 17.3 Å². The van der Waals surface area contributed by atoms with Gasteiger partial charge in [0.05, 0.1) is 25.2 Å². The van der Waals surface area contributed by atoms with Gasteiger partial charge in [0, 0.05) is 11.1 Å². The number of rotatable bonds is 5. The van der Waals surface area contributed by atoms with Crippen molar-refractivity contribution in [3.63, 3.8) is 0 Å². The highest BCUT2D eigenvalue weighted by molar-refractivity contribution is 6.31. The predicted octanol–water partition coefficient (Wildman–Crippen LogP) is 3.43. The normalized spacial score (nSPS) is 10.4. The summed E-state index contributed by atoms with van der Waals surface area (Å²) in [5, 5.41) is 9.85. The molecule has 0 saturated heterocycles. The maximum absolute atomic E-state index is 12.1. The molecule has 0 unspecified atom stereocenters. The van der Waals surface area contributed by atoms with E-state index in [1.165, 1.54) is 12.4 Å². The molecule has 0 bridgehead atoms. The molecular formula is C16H14ClN5O3. The Kier molecular flexibility index (Phi) is 4.80. The average molecular weight is 360 g/mol. The molecule has 9 heteroatoms. The molecule has 2 aromatic heterocycles. The molecule has 2 N–H and O–H groups in total. The smallest absolute Gasteiger partial charge is 0.277 e. The molecule has 0 spiro atoms. The van der Waals surface area contributed by atoms with Crippen LogP contribution in [-0.4, -0.2) is 28.1 Å². The fourth-order valence-corrected chi connectivity index (χ4v) is 2.20. The van der Waals surface area contributed by atoms with E-state index in [1.54, 1.807) is 38.3 Å². The number of hydrogen-bond acceptors (Lipinski definition) is 7. The zero-order valence-electron chi connectivity index (χ0n) is 13.4. The summed E-state index contributed by atoms with van der Waals surface area (Å²) in [6.45, 7) is 1.73. The highest BCUT2D eigenvalue weighted by Crippen LogP contribution is 2.29. The van der Waals surface area contributed by atoms with Gasteiger partial charge in [-0.25, -0.2) is 9.97 Å². The second-order valence-electron chi connectivity index (χ2n) is 5.03. The van der Waals surface area contributed by atoms with Crippen molar-refractivity contribution in [1.82, 2.24) is 15.1 Å². The molecule has 128 valence electrons. The number of methoxy groups -OCH3 is 1. The molecule has 1 amide bonds. The number of aromatic nitrogens is 3. The molecule has 0 aliphatic rings. The molecular weight excluding hydrogens is 346 g/mol. The summed E-state index contributed by atoms with van der Waals surface area (Å²) in [7, 11) is 1.55. The van der Waals surface area contributed by atoms with E-state index in [0.717, 1.165) is 0 Å². The van der Waals surface area contributed by atoms with E-state index < -0.39 is 5.91 Å². The number of ether oxygens (including phenoxy) is 1. The lowest BCUT2D eigenvalue weighted by molar-refractivity contribution is 0.102. The molecule has 0 fully saturated rings. The van der Waals surface area contributed by atoms with Crippen LogP contribution in [0.1, 0.15) is 16.2 Å². The first-order chi connectivity index (χ1) is 12.0. The minimum absolute atomic E-state index is 0.143. The first-order valence-electron chi connectivity index (χ1n) is 7.22. The molecule has 3 rings (SSSR count). The van der Waals surface area contributed by atoms with Crippen LogP contribution in [0.2, 0.25) is 5.02 Å². The lowest BCUT2D eigenvalue weighted by Gasteiger charge is -2.10. The Bertz CT molecular complexity index is 895. The number of carbonyl (C=O) groups is 1. The van der Waals surface area contributed by atoms with Crippen LogP contribution in [0, 0.1) is 6.92 Å². The third kappa shape index (κ3) is 4.04. The van der Waals surface area contributed by atoms with Crippen molar-refractivity contribution in [2.75, 3.05) is 17.7 Å². The second-order valence-corrected chi connectivity index (χ2v) is 5.47. The number of amides is 1. The van der Waals surface area contributed by atoms with Crippen LogP contribution in [0.15, 0.2) is 41.2 Å². The van der Waals surface area contributed by atoms with E-state index in [4.69, 9.17) is 20.9 Å². The zero-order chi connectivity index (χ0) is 17.8. The Labute approximate surface area is 148 Å². The molecule has 0 atom stereocenters. The van der Waals surface area contributed by atoms with Crippen molar-refractivity contribution in [3.8, 4) is 5.75 Å². The third-order valence-electron chi connectivity index (χ3n) is 3.18. The van der Waals surface area contributed by atoms with Gasteiger partial charge in [0.2, 0.25) is 0 Å². The maximum atomic E-state index is 12.1. The van der Waals surface area contributed by atoms with Crippen molar-refractivity contribution < 1.29 is 14.1 Å². The molecule has 25 heavy (non-hydrogen) atoms. The van der Waals surface area contributed by atoms with Gasteiger partial charge < -0.3 is 19.9 Å². The van der Waals surface area contributed by atoms with Crippen molar-refractivity contribution in [2.45, 2.75) is 6.92 Å². The zero-order valence-corrected chi connectivity index (χ0v) is 14.2. The van der Waals surface area contributed by atoms with Gasteiger partial charge in [-0.3, -0.25) is 4.79 Å². The summed E-state index contributed by atoms with van der Waals surface area (Å²) in [6.07, 6.45) is 2.78. The summed E-state index contributed by atoms with van der Waals surface area (Å²) < 4.78 is 10.1. The number of aryl methyl sites for hydroxylation is 1. The van der Waals surface area contributed by atoms with Gasteiger partial charge in [0.25, 0.3) is 5.91 Å². The largest absolute Gasteiger partial charge is 0.495 e. The summed E-state index contributed by atoms with van der Waals surface area (Å²) in [5.74, 6) is 1.52. The summed E-state index contributed by atoms with van der Waals surface area (Å²) >= 11 is 5.99. The lowest BCUT2D eigenvalue weighted by atomic mass is 10.3. The number of benzene rings is 1. The number of nitrogens with one attached hydrogen (secondary N) is 2. The molecule has 0 aliphatic heterocycles. The molecule has 1 aromatic carbocycles. The quantitative estimate of drug-likeness (QED) is 0.719. The summed E-state index contributed by atoms with van der Waals surface area (Å²) in [5.41, 5.74) is 0.781. The molecule has 3 aromatic rings. The van der Waals surface area contributed by atoms with Crippen LogP contribution in [0.5, 0.6) is 5.75 Å². The maximum Gasteiger partial charge on any atom is 0.277 e. The van der Waals surface area contributed by atoms with Crippen LogP contribution in [0.25, 0.3) is 0 Å². The first kappa shape index (κ1) is 16.7. The monoisotopic (exact) mass is 359 g/mol. The van der Waals surface area contributed by atoms with Gasteiger partial charge in [-0.05, 0) is 25.1 Å². The van der Waals surface area contributed by atoms with E-state index in [-0.39, 0.29) is 5.69 Å². The Morgan fingerprint density at radius 1 is 1.20 bits per heavy atom. The van der Waals surface area contributed by atoms with E-state index in [2.05, 4.69) is 25.8 Å². The van der Waals surface area contributed by atoms with Gasteiger partial charge in [-0.1, -0.05) is 16.8 Å². The van der Waals surface area contributed by atoms with E-state index in [9.17, 15) is 4.79 Å². The van der Waals surface area contributed by atoms with Gasteiger partial charge in [-0.15, -0.1) is 0 Å². The Morgan fingerprint density at radius 3 is 2.68 bits per heavy atom. The molecule has 0 aliphatic carbocycles. The predicted molar refractivity (Wildman–Crippen MR) is 92.5 cm³/mol. The minimum atomic E-state index is -0.437. The van der Waals surface area contributed by atoms with Crippen molar-refractivity contribution in [3.05, 3.63) is 53.1 Å². The number of anilines is 3. The van der Waals surface area contributed by atoms with Crippen LogP contribution < -0.4 is 15.4 Å². The average Bonchev–Trinajstić information content (AvgIpc) is 3.00. The van der Waals surface area contributed by atoms with Crippen LogP contribution in [0.3, 0.4) is 0 Å². The molecule has 0 radical (unpaired) electrons. The van der Waals surface area contributed by atoms with Crippen LogP contribution in [-0.2, 0) is 0 Å². The van der Waals surface area contributed by atoms with Crippen molar-refractivity contribution >= 4 is 34.8 Å². The molecule has 0 saturated carbocycles. The number of hydrogen-bond donors (Lipinski definition) is 2. The topological polar surface area (TPSA) is 102 Å². The second kappa shape index (κ2) is 7.18. The number of nitrogens with zero attached hydrogens (tertiary/aromatic N) is 3. The van der Waals surface area contributed by atoms with Gasteiger partial charge in [-0.2, -0.15) is 0 Å². The Balaban J connectivity index is 1.72. The van der Waals surface area contributed by atoms with Crippen LogP contribution >= 0.6 is 11.6 Å². The Morgan fingerprint density at radius 2 is 2.04 bits per heavy atom. The lowest BCUT2D eigenvalue weighted by Crippen LogP contribution is -2.14. The van der Waals surface area contributed by atoms with E-state index in [1.807, 2.05) is 0 Å². The fourth-order valence-electron chi connectivity index (χ4n) is 2.03. The molecule has 2 heterocycles. The first-order valence-corrected chi connectivity index (χ1v) is 7.60. The Hall–Kier alpha value is -3.13. The minimum Gasteiger partial charge on any atom is -0.495 e. The number of halogens is 1. The highest BCUT2D eigenvalue weighted by Gasteiger charge is 2.12. The van der Waals surface area contributed by atoms with Crippen molar-refractivity contribution in [1.29, 1.82) is 0 Å².